The van der Waals surface area contributed by atoms with Crippen molar-refractivity contribution in [2.24, 2.45) is 5.41 Å². The Bertz CT molecular complexity index is 1050. The molecule has 1 heterocycles. The first-order chi connectivity index (χ1) is 15.4. The highest BCUT2D eigenvalue weighted by Gasteiger charge is 2.47. The molecule has 12 heteroatoms. The average molecular weight is 461 g/mol. The number of nitro benzene ring substituents is 1. The predicted octanol–water partition coefficient (Wildman–Crippen LogP) is 2.54. The van der Waals surface area contributed by atoms with Crippen LogP contribution in [0.15, 0.2) is 17.7 Å². The van der Waals surface area contributed by atoms with E-state index in [2.05, 4.69) is 0 Å². The van der Waals surface area contributed by atoms with Gasteiger partial charge >= 0.3 is 17.8 Å². The Hall–Kier alpha value is -4.14. The lowest BCUT2D eigenvalue weighted by molar-refractivity contribution is -0.385. The van der Waals surface area contributed by atoms with Crippen LogP contribution in [-0.4, -0.2) is 58.8 Å². The zero-order valence-electron chi connectivity index (χ0n) is 18.5. The number of hydrogen-bond acceptors (Lipinski definition) is 10. The van der Waals surface area contributed by atoms with Crippen molar-refractivity contribution < 1.29 is 38.6 Å². The number of amides is 1. The first kappa shape index (κ1) is 25.1. The van der Waals surface area contributed by atoms with E-state index in [0.29, 0.717) is 13.1 Å². The number of ether oxygens (including phenoxy) is 3. The maximum Gasteiger partial charge on any atom is 0.514 e. The second-order valence-electron chi connectivity index (χ2n) is 7.74. The maximum atomic E-state index is 12.5. The smallest absolute Gasteiger partial charge is 0.499 e. The predicted molar refractivity (Wildman–Crippen MR) is 112 cm³/mol. The van der Waals surface area contributed by atoms with Crippen LogP contribution in [0.4, 0.5) is 10.5 Å². The molecule has 1 aliphatic heterocycles. The fourth-order valence-electron chi connectivity index (χ4n) is 3.05. The minimum absolute atomic E-state index is 0.0122. The molecule has 0 bridgehead atoms. The largest absolute Gasteiger partial charge is 0.514 e. The van der Waals surface area contributed by atoms with Crippen LogP contribution < -0.4 is 4.74 Å². The molecule has 1 aromatic carbocycles. The van der Waals surface area contributed by atoms with Crippen molar-refractivity contribution in [1.29, 1.82) is 5.26 Å². The van der Waals surface area contributed by atoms with Crippen LogP contribution in [0.2, 0.25) is 0 Å². The van der Waals surface area contributed by atoms with Gasteiger partial charge in [0.2, 0.25) is 11.9 Å². The topological polar surface area (TPSA) is 169 Å². The average Bonchev–Trinajstić information content (AvgIpc) is 3.01. The molecule has 1 unspecified atom stereocenters. The number of likely N-dealkylation sites (N-methyl/N-ethyl adjacent to an activating group) is 1. The van der Waals surface area contributed by atoms with Gasteiger partial charge in [0.15, 0.2) is 5.75 Å². The van der Waals surface area contributed by atoms with Gasteiger partial charge < -0.3 is 24.2 Å². The molecule has 0 aliphatic carbocycles. The lowest BCUT2D eigenvalue weighted by atomic mass is 9.90. The maximum absolute atomic E-state index is 12.5. The standard InChI is InChI=1S/C21H23N3O9/c1-5-23(6-2)18(26)13(10-22)7-12-8-14(24(29)30)16(25)15(9-12)32-20(28)33-17-19(27)31-11-21(17,3)4/h7-9,17,25H,5-6,11H2,1-4H3/b13-7+. The monoisotopic (exact) mass is 461 g/mol. The van der Waals surface area contributed by atoms with Crippen LogP contribution in [0.3, 0.4) is 0 Å². The van der Waals surface area contributed by atoms with Crippen LogP contribution in [-0.2, 0) is 19.1 Å². The number of benzene rings is 1. The van der Waals surface area contributed by atoms with Crippen molar-refractivity contribution in [3.8, 4) is 17.6 Å². The first-order valence-electron chi connectivity index (χ1n) is 9.92. The van der Waals surface area contributed by atoms with E-state index in [1.165, 1.54) is 4.90 Å². The van der Waals surface area contributed by atoms with Gasteiger partial charge in [0.1, 0.15) is 18.2 Å². The van der Waals surface area contributed by atoms with Gasteiger partial charge in [-0.2, -0.15) is 5.26 Å². The van der Waals surface area contributed by atoms with Gasteiger partial charge in [-0.1, -0.05) is 13.8 Å². The number of carbonyl (C=O) groups is 3. The third kappa shape index (κ3) is 5.57. The number of phenolic OH excluding ortho intramolecular Hbond substituents is 1. The van der Waals surface area contributed by atoms with Gasteiger partial charge in [-0.05, 0) is 31.6 Å². The summed E-state index contributed by atoms with van der Waals surface area (Å²) in [6.45, 7) is 7.38. The Labute approximate surface area is 189 Å². The van der Waals surface area contributed by atoms with Crippen molar-refractivity contribution >= 4 is 29.8 Å². The summed E-state index contributed by atoms with van der Waals surface area (Å²) < 4.78 is 14.8. The minimum atomic E-state index is -1.41. The Kier molecular flexibility index (Phi) is 7.60. The number of nitro groups is 1. The molecular formula is C21H23N3O9. The van der Waals surface area contributed by atoms with Gasteiger partial charge in [0.05, 0.1) is 4.92 Å². The van der Waals surface area contributed by atoms with Crippen LogP contribution in [0, 0.1) is 26.9 Å². The Morgan fingerprint density at radius 3 is 2.52 bits per heavy atom. The summed E-state index contributed by atoms with van der Waals surface area (Å²) in [5, 5.41) is 30.9. The second kappa shape index (κ2) is 9.99. The van der Waals surface area contributed by atoms with Crippen molar-refractivity contribution in [3.05, 3.63) is 33.4 Å². The molecule has 1 fully saturated rings. The van der Waals surface area contributed by atoms with Gasteiger partial charge in [-0.15, -0.1) is 0 Å². The second-order valence-corrected chi connectivity index (χ2v) is 7.74. The Morgan fingerprint density at radius 2 is 2.03 bits per heavy atom. The lowest BCUT2D eigenvalue weighted by Crippen LogP contribution is -2.35. The molecule has 1 N–H and O–H groups in total. The van der Waals surface area contributed by atoms with E-state index in [9.17, 15) is 34.9 Å². The number of phenols is 1. The SMILES string of the molecule is CCN(CC)C(=O)/C(C#N)=C/c1cc(OC(=O)OC2C(=O)OCC2(C)C)c(O)c([N+](=O)[O-])c1. The molecule has 2 rings (SSSR count). The number of rotatable bonds is 7. The molecule has 1 aromatic rings. The van der Waals surface area contributed by atoms with Crippen LogP contribution >= 0.6 is 0 Å². The highest BCUT2D eigenvalue weighted by molar-refractivity contribution is 6.01. The van der Waals surface area contributed by atoms with E-state index in [4.69, 9.17) is 14.2 Å². The molecule has 33 heavy (non-hydrogen) atoms. The molecule has 0 spiro atoms. The van der Waals surface area contributed by atoms with Crippen molar-refractivity contribution in [3.63, 3.8) is 0 Å². The molecule has 1 saturated heterocycles. The number of hydrogen-bond donors (Lipinski definition) is 1. The summed E-state index contributed by atoms with van der Waals surface area (Å²) in [4.78, 5) is 48.3. The normalized spacial score (nSPS) is 17.0. The van der Waals surface area contributed by atoms with E-state index < -0.39 is 51.7 Å². The molecule has 12 nitrogen and oxygen atoms in total. The first-order valence-corrected chi connectivity index (χ1v) is 9.92. The molecule has 1 aliphatic rings. The number of nitrogens with zero attached hydrogens (tertiary/aromatic N) is 3. The van der Waals surface area contributed by atoms with E-state index >= 15 is 0 Å². The Morgan fingerprint density at radius 1 is 1.39 bits per heavy atom. The van der Waals surface area contributed by atoms with E-state index in [1.807, 2.05) is 0 Å². The molecule has 0 saturated carbocycles. The number of esters is 1. The quantitative estimate of drug-likeness (QED) is 0.159. The molecule has 0 radical (unpaired) electrons. The highest BCUT2D eigenvalue weighted by Crippen LogP contribution is 2.38. The number of aromatic hydroxyl groups is 1. The number of nitriles is 1. The number of carbonyl (C=O) groups excluding carboxylic acids is 3. The molecule has 176 valence electrons. The fourth-order valence-corrected chi connectivity index (χ4v) is 3.05. The van der Waals surface area contributed by atoms with Gasteiger partial charge in [-0.3, -0.25) is 14.9 Å². The lowest BCUT2D eigenvalue weighted by Gasteiger charge is -2.21. The zero-order valence-corrected chi connectivity index (χ0v) is 18.5. The molecule has 1 atom stereocenters. The van der Waals surface area contributed by atoms with Gasteiger partial charge in [0.25, 0.3) is 5.91 Å². The van der Waals surface area contributed by atoms with Crippen LogP contribution in [0.25, 0.3) is 6.08 Å². The summed E-state index contributed by atoms with van der Waals surface area (Å²) in [7, 11) is 0. The summed E-state index contributed by atoms with van der Waals surface area (Å²) in [6.07, 6.45) is -1.61. The third-order valence-corrected chi connectivity index (χ3v) is 4.90. The summed E-state index contributed by atoms with van der Waals surface area (Å²) in [6, 6.07) is 3.68. The Balaban J connectivity index is 2.41. The fraction of sp³-hybridized carbons (Fsp3) is 0.429. The molecular weight excluding hydrogens is 438 g/mol. The summed E-state index contributed by atoms with van der Waals surface area (Å²) >= 11 is 0. The van der Waals surface area contributed by atoms with Crippen molar-refractivity contribution in [1.82, 2.24) is 4.90 Å². The highest BCUT2D eigenvalue weighted by atomic mass is 16.7. The zero-order chi connectivity index (χ0) is 24.9. The van der Waals surface area contributed by atoms with E-state index in [1.54, 1.807) is 33.8 Å². The van der Waals surface area contributed by atoms with Crippen molar-refractivity contribution in [2.75, 3.05) is 19.7 Å². The van der Waals surface area contributed by atoms with Gasteiger partial charge in [-0.25, -0.2) is 9.59 Å². The summed E-state index contributed by atoms with van der Waals surface area (Å²) in [5.74, 6) is -3.01. The van der Waals surface area contributed by atoms with Crippen LogP contribution in [0.5, 0.6) is 11.5 Å². The van der Waals surface area contributed by atoms with Gasteiger partial charge in [0, 0.05) is 24.6 Å². The minimum Gasteiger partial charge on any atom is -0.499 e. The summed E-state index contributed by atoms with van der Waals surface area (Å²) in [5.41, 5.74) is -2.04. The molecule has 1 amide bonds. The number of cyclic esters (lactones) is 1. The van der Waals surface area contributed by atoms with E-state index in [0.717, 1.165) is 18.2 Å². The van der Waals surface area contributed by atoms with E-state index in [-0.39, 0.29) is 17.7 Å². The molecule has 0 aromatic heterocycles. The third-order valence-electron chi connectivity index (χ3n) is 4.90. The van der Waals surface area contributed by atoms with Crippen LogP contribution in [0.1, 0.15) is 33.3 Å². The van der Waals surface area contributed by atoms with Crippen molar-refractivity contribution in [2.45, 2.75) is 33.8 Å².